The molecule has 5 heteroatoms. The predicted octanol–water partition coefficient (Wildman–Crippen LogP) is 6.06. The molecule has 0 saturated heterocycles. The fourth-order valence-electron chi connectivity index (χ4n) is 3.57. The van der Waals surface area contributed by atoms with Gasteiger partial charge in [-0.1, -0.05) is 42.5 Å². The van der Waals surface area contributed by atoms with Crippen molar-refractivity contribution in [3.8, 4) is 11.5 Å². The molecule has 0 aromatic heterocycles. The first-order valence-corrected chi connectivity index (χ1v) is 10.4. The summed E-state index contributed by atoms with van der Waals surface area (Å²) < 4.78 is 24.6. The van der Waals surface area contributed by atoms with E-state index in [2.05, 4.69) is 11.4 Å². The van der Waals surface area contributed by atoms with Crippen LogP contribution in [0.25, 0.3) is 10.8 Å². The molecule has 0 aliphatic carbocycles. The maximum atomic E-state index is 13.2. The second-order valence-electron chi connectivity index (χ2n) is 7.57. The first kappa shape index (κ1) is 21.4. The molecule has 0 fully saturated rings. The van der Waals surface area contributed by atoms with E-state index in [1.54, 1.807) is 37.4 Å². The molecule has 0 aliphatic rings. The molecule has 0 unspecified atom stereocenters. The number of amides is 1. The Balaban J connectivity index is 1.48. The Morgan fingerprint density at radius 1 is 0.938 bits per heavy atom. The van der Waals surface area contributed by atoms with Crippen LogP contribution in [-0.2, 0) is 6.61 Å². The maximum Gasteiger partial charge on any atom is 0.251 e. The molecule has 0 bridgehead atoms. The van der Waals surface area contributed by atoms with Crippen molar-refractivity contribution in [2.24, 2.45) is 0 Å². The molecule has 4 nitrogen and oxygen atoms in total. The van der Waals surface area contributed by atoms with E-state index in [9.17, 15) is 9.18 Å². The average molecular weight is 429 g/mol. The summed E-state index contributed by atoms with van der Waals surface area (Å²) in [5, 5.41) is 5.19. The van der Waals surface area contributed by atoms with Crippen LogP contribution in [0, 0.1) is 5.82 Å². The van der Waals surface area contributed by atoms with Gasteiger partial charge in [-0.2, -0.15) is 0 Å². The minimum absolute atomic E-state index is 0.226. The van der Waals surface area contributed by atoms with Crippen LogP contribution in [0.1, 0.15) is 34.5 Å². The number of halogens is 1. The van der Waals surface area contributed by atoms with Crippen LogP contribution >= 0.6 is 0 Å². The van der Waals surface area contributed by atoms with E-state index in [1.165, 1.54) is 12.1 Å². The molecule has 1 atom stereocenters. The molecule has 4 aromatic rings. The van der Waals surface area contributed by atoms with Gasteiger partial charge < -0.3 is 14.8 Å². The summed E-state index contributed by atoms with van der Waals surface area (Å²) in [6.45, 7) is 2.12. The van der Waals surface area contributed by atoms with Gasteiger partial charge >= 0.3 is 0 Å². The molecule has 0 radical (unpaired) electrons. The Hall–Kier alpha value is -3.86. The van der Waals surface area contributed by atoms with Gasteiger partial charge in [0.2, 0.25) is 0 Å². The summed E-state index contributed by atoms with van der Waals surface area (Å²) in [7, 11) is 1.59. The SMILES string of the molecule is COc1ccc(C(=O)N[C@@H](C)c2ccc(F)cc2)cc1COc1ccc2ccccc2c1. The Kier molecular flexibility index (Phi) is 6.36. The molecule has 0 saturated carbocycles. The van der Waals surface area contributed by atoms with Crippen LogP contribution in [0.2, 0.25) is 0 Å². The van der Waals surface area contributed by atoms with Gasteiger partial charge in [-0.25, -0.2) is 4.39 Å². The molecule has 0 aliphatic heterocycles. The number of hydrogen-bond donors (Lipinski definition) is 1. The number of ether oxygens (including phenoxy) is 2. The predicted molar refractivity (Wildman–Crippen MR) is 124 cm³/mol. The fraction of sp³-hybridized carbons (Fsp3) is 0.148. The lowest BCUT2D eigenvalue weighted by Gasteiger charge is -2.16. The van der Waals surface area contributed by atoms with Crippen molar-refractivity contribution >= 4 is 16.7 Å². The normalized spacial score (nSPS) is 11.7. The van der Waals surface area contributed by atoms with Crippen molar-refractivity contribution < 1.29 is 18.7 Å². The van der Waals surface area contributed by atoms with Gasteiger partial charge in [0.15, 0.2) is 0 Å². The third kappa shape index (κ3) is 4.89. The van der Waals surface area contributed by atoms with E-state index in [0.717, 1.165) is 27.6 Å². The van der Waals surface area contributed by atoms with Crippen molar-refractivity contribution in [3.63, 3.8) is 0 Å². The summed E-state index contributed by atoms with van der Waals surface area (Å²) in [5.41, 5.74) is 2.09. The zero-order valence-electron chi connectivity index (χ0n) is 18.0. The zero-order chi connectivity index (χ0) is 22.5. The Labute approximate surface area is 186 Å². The topological polar surface area (TPSA) is 47.6 Å². The number of benzene rings is 4. The number of fused-ring (bicyclic) bond motifs is 1. The van der Waals surface area contributed by atoms with E-state index >= 15 is 0 Å². The van der Waals surface area contributed by atoms with Gasteiger partial charge in [-0.3, -0.25) is 4.79 Å². The summed E-state index contributed by atoms with van der Waals surface area (Å²) >= 11 is 0. The van der Waals surface area contributed by atoms with Crippen molar-refractivity contribution in [1.82, 2.24) is 5.32 Å². The summed E-state index contributed by atoms with van der Waals surface area (Å²) in [6, 6.07) is 25.1. The van der Waals surface area contributed by atoms with Crippen molar-refractivity contribution in [3.05, 3.63) is 107 Å². The molecular weight excluding hydrogens is 405 g/mol. The summed E-state index contributed by atoms with van der Waals surface area (Å²) in [6.07, 6.45) is 0. The molecule has 0 spiro atoms. The molecular formula is C27H24FNO3. The van der Waals surface area contributed by atoms with Gasteiger partial charge in [0.1, 0.15) is 23.9 Å². The number of carbonyl (C=O) groups excluding carboxylic acids is 1. The van der Waals surface area contributed by atoms with E-state index in [0.29, 0.717) is 11.3 Å². The van der Waals surface area contributed by atoms with Crippen LogP contribution in [-0.4, -0.2) is 13.0 Å². The van der Waals surface area contributed by atoms with Crippen LogP contribution in [0.4, 0.5) is 4.39 Å². The maximum absolute atomic E-state index is 13.2. The first-order valence-electron chi connectivity index (χ1n) is 10.4. The third-order valence-corrected chi connectivity index (χ3v) is 5.38. The van der Waals surface area contributed by atoms with E-state index in [4.69, 9.17) is 9.47 Å². The van der Waals surface area contributed by atoms with Crippen LogP contribution in [0.15, 0.2) is 84.9 Å². The highest BCUT2D eigenvalue weighted by Crippen LogP contribution is 2.25. The quantitative estimate of drug-likeness (QED) is 0.389. The van der Waals surface area contributed by atoms with Gasteiger partial charge in [-0.15, -0.1) is 0 Å². The molecule has 4 aromatic carbocycles. The number of hydrogen-bond acceptors (Lipinski definition) is 3. The lowest BCUT2D eigenvalue weighted by Crippen LogP contribution is -2.26. The van der Waals surface area contributed by atoms with Gasteiger partial charge in [0.25, 0.3) is 5.91 Å². The van der Waals surface area contributed by atoms with Crippen LogP contribution < -0.4 is 14.8 Å². The van der Waals surface area contributed by atoms with E-state index in [-0.39, 0.29) is 24.4 Å². The van der Waals surface area contributed by atoms with E-state index in [1.807, 2.05) is 43.3 Å². The minimum Gasteiger partial charge on any atom is -0.496 e. The number of nitrogens with one attached hydrogen (secondary N) is 1. The van der Waals surface area contributed by atoms with E-state index < -0.39 is 0 Å². The van der Waals surface area contributed by atoms with Crippen LogP contribution in [0.5, 0.6) is 11.5 Å². The lowest BCUT2D eigenvalue weighted by atomic mass is 10.1. The third-order valence-electron chi connectivity index (χ3n) is 5.38. The Bertz CT molecular complexity index is 1240. The zero-order valence-corrected chi connectivity index (χ0v) is 18.0. The monoisotopic (exact) mass is 429 g/mol. The fourth-order valence-corrected chi connectivity index (χ4v) is 3.57. The van der Waals surface area contributed by atoms with Crippen molar-refractivity contribution in [2.75, 3.05) is 7.11 Å². The van der Waals surface area contributed by atoms with Crippen LogP contribution in [0.3, 0.4) is 0 Å². The second-order valence-corrected chi connectivity index (χ2v) is 7.57. The molecule has 0 heterocycles. The molecule has 1 N–H and O–H groups in total. The van der Waals surface area contributed by atoms with Gasteiger partial charge in [0, 0.05) is 11.1 Å². The lowest BCUT2D eigenvalue weighted by molar-refractivity contribution is 0.0939. The Morgan fingerprint density at radius 2 is 1.69 bits per heavy atom. The highest BCUT2D eigenvalue weighted by Gasteiger charge is 2.14. The highest BCUT2D eigenvalue weighted by atomic mass is 19.1. The number of methoxy groups -OCH3 is 1. The van der Waals surface area contributed by atoms with Gasteiger partial charge in [0.05, 0.1) is 13.2 Å². The molecule has 1 amide bonds. The van der Waals surface area contributed by atoms with Crippen molar-refractivity contribution in [2.45, 2.75) is 19.6 Å². The standard InChI is InChI=1S/C27H24FNO3/c1-18(19-7-11-24(28)12-8-19)29-27(30)22-10-14-26(31-2)23(15-22)17-32-25-13-9-20-5-3-4-6-21(20)16-25/h3-16,18H,17H2,1-2H3,(H,29,30)/t18-/m0/s1. The second kappa shape index (κ2) is 9.52. The highest BCUT2D eigenvalue weighted by molar-refractivity contribution is 5.94. The minimum atomic E-state index is -0.307. The molecule has 162 valence electrons. The number of rotatable bonds is 7. The van der Waals surface area contributed by atoms with Gasteiger partial charge in [-0.05, 0) is 65.7 Å². The molecule has 4 rings (SSSR count). The largest absolute Gasteiger partial charge is 0.496 e. The smallest absolute Gasteiger partial charge is 0.251 e. The first-order chi connectivity index (χ1) is 15.5. The van der Waals surface area contributed by atoms with Crippen molar-refractivity contribution in [1.29, 1.82) is 0 Å². The summed E-state index contributed by atoms with van der Waals surface area (Å²) in [5.74, 6) is 0.856. The molecule has 32 heavy (non-hydrogen) atoms. The average Bonchev–Trinajstić information content (AvgIpc) is 2.82. The number of carbonyl (C=O) groups is 1. The summed E-state index contributed by atoms with van der Waals surface area (Å²) in [4.78, 5) is 12.8. The Morgan fingerprint density at radius 3 is 2.44 bits per heavy atom.